The van der Waals surface area contributed by atoms with Crippen LogP contribution in [0.2, 0.25) is 0 Å². The van der Waals surface area contributed by atoms with Crippen molar-refractivity contribution in [2.45, 2.75) is 32.8 Å². The van der Waals surface area contributed by atoms with Gasteiger partial charge in [0, 0.05) is 23.2 Å². The largest absolute Gasteiger partial charge is 0.493 e. The fourth-order valence-corrected chi connectivity index (χ4v) is 3.92. The number of thiazole rings is 1. The van der Waals surface area contributed by atoms with Gasteiger partial charge in [0.05, 0.1) is 19.2 Å². The molecule has 1 aromatic heterocycles. The fraction of sp³-hybridized carbons (Fsp3) is 0.333. The molecule has 31 heavy (non-hydrogen) atoms. The predicted molar refractivity (Wildman–Crippen MR) is 122 cm³/mol. The molecule has 3 rings (SSSR count). The average molecular weight is 441 g/mol. The Balaban J connectivity index is 1.57. The maximum absolute atomic E-state index is 12.6. The Labute approximate surface area is 187 Å². The van der Waals surface area contributed by atoms with Crippen LogP contribution in [0.1, 0.15) is 39.5 Å². The van der Waals surface area contributed by atoms with E-state index in [1.165, 1.54) is 0 Å². The number of aromatic nitrogens is 1. The molecule has 0 aliphatic carbocycles. The molecule has 0 fully saturated rings. The van der Waals surface area contributed by atoms with E-state index in [-0.39, 0.29) is 5.91 Å². The SMILES string of the molecule is COc1cc(C(=O)NCCCCc2nc(C)cs2)cc(OC)c1OCc1ccccc1. The summed E-state index contributed by atoms with van der Waals surface area (Å²) in [6, 6.07) is 13.2. The van der Waals surface area contributed by atoms with Gasteiger partial charge in [-0.3, -0.25) is 4.79 Å². The van der Waals surface area contributed by atoms with Crippen LogP contribution in [0.4, 0.5) is 0 Å². The number of nitrogens with zero attached hydrogens (tertiary/aromatic N) is 1. The molecule has 0 saturated carbocycles. The summed E-state index contributed by atoms with van der Waals surface area (Å²) in [4.78, 5) is 17.1. The second-order valence-corrected chi connectivity index (χ2v) is 8.02. The lowest BCUT2D eigenvalue weighted by atomic mass is 10.1. The Morgan fingerprint density at radius 3 is 2.39 bits per heavy atom. The molecular formula is C24H28N2O4S. The maximum Gasteiger partial charge on any atom is 0.251 e. The molecule has 0 spiro atoms. The summed E-state index contributed by atoms with van der Waals surface area (Å²) in [5.41, 5.74) is 2.56. The normalized spacial score (nSPS) is 10.5. The quantitative estimate of drug-likeness (QED) is 0.434. The number of methoxy groups -OCH3 is 2. The van der Waals surface area contributed by atoms with Crippen LogP contribution in [0, 0.1) is 6.92 Å². The van der Waals surface area contributed by atoms with Crippen molar-refractivity contribution in [3.8, 4) is 17.2 Å². The number of rotatable bonds is 11. The van der Waals surface area contributed by atoms with E-state index in [4.69, 9.17) is 14.2 Å². The van der Waals surface area contributed by atoms with E-state index < -0.39 is 0 Å². The molecule has 0 radical (unpaired) electrons. The monoisotopic (exact) mass is 440 g/mol. The first-order chi connectivity index (χ1) is 15.1. The highest BCUT2D eigenvalue weighted by Gasteiger charge is 2.18. The standard InChI is InChI=1S/C24H28N2O4S/c1-17-16-31-22(26-17)11-7-8-12-25-24(27)19-13-20(28-2)23(21(14-19)29-3)30-15-18-9-5-4-6-10-18/h4-6,9-10,13-14,16H,7-8,11-12,15H2,1-3H3,(H,25,27). The van der Waals surface area contributed by atoms with E-state index in [2.05, 4.69) is 15.7 Å². The van der Waals surface area contributed by atoms with Crippen LogP contribution >= 0.6 is 11.3 Å². The molecule has 164 valence electrons. The van der Waals surface area contributed by atoms with Crippen molar-refractivity contribution in [3.63, 3.8) is 0 Å². The lowest BCUT2D eigenvalue weighted by Gasteiger charge is -2.16. The first kappa shape index (κ1) is 22.6. The third-order valence-electron chi connectivity index (χ3n) is 4.72. The Bertz CT molecular complexity index is 963. The van der Waals surface area contributed by atoms with Crippen molar-refractivity contribution in [1.82, 2.24) is 10.3 Å². The summed E-state index contributed by atoms with van der Waals surface area (Å²) in [5.74, 6) is 1.22. The van der Waals surface area contributed by atoms with Crippen LogP contribution in [0.25, 0.3) is 0 Å². The van der Waals surface area contributed by atoms with Gasteiger partial charge in [-0.25, -0.2) is 4.98 Å². The van der Waals surface area contributed by atoms with Gasteiger partial charge < -0.3 is 19.5 Å². The average Bonchev–Trinajstić information content (AvgIpc) is 3.22. The molecule has 0 saturated heterocycles. The third kappa shape index (κ3) is 6.46. The van der Waals surface area contributed by atoms with Crippen molar-refractivity contribution in [2.75, 3.05) is 20.8 Å². The number of unbranched alkanes of at least 4 members (excludes halogenated alkanes) is 1. The summed E-state index contributed by atoms with van der Waals surface area (Å²) < 4.78 is 16.9. The van der Waals surface area contributed by atoms with Gasteiger partial charge in [0.1, 0.15) is 6.61 Å². The van der Waals surface area contributed by atoms with Crippen LogP contribution in [0.5, 0.6) is 17.2 Å². The number of amides is 1. The molecule has 0 aliphatic heterocycles. The van der Waals surface area contributed by atoms with Crippen LogP contribution in [0.15, 0.2) is 47.8 Å². The lowest BCUT2D eigenvalue weighted by molar-refractivity contribution is 0.0952. The Morgan fingerprint density at radius 1 is 1.06 bits per heavy atom. The Hall–Kier alpha value is -3.06. The van der Waals surface area contributed by atoms with E-state index >= 15 is 0 Å². The zero-order chi connectivity index (χ0) is 22.1. The Morgan fingerprint density at radius 2 is 1.77 bits per heavy atom. The summed E-state index contributed by atoms with van der Waals surface area (Å²) in [7, 11) is 3.10. The van der Waals surface area contributed by atoms with Crippen LogP contribution in [0.3, 0.4) is 0 Å². The number of carbonyl (C=O) groups excluding carboxylic acids is 1. The molecule has 1 amide bonds. The van der Waals surface area contributed by atoms with Gasteiger partial charge in [-0.1, -0.05) is 30.3 Å². The smallest absolute Gasteiger partial charge is 0.251 e. The van der Waals surface area contributed by atoms with Crippen molar-refractivity contribution in [3.05, 3.63) is 69.7 Å². The van der Waals surface area contributed by atoms with Crippen molar-refractivity contribution >= 4 is 17.2 Å². The van der Waals surface area contributed by atoms with Crippen molar-refractivity contribution in [2.24, 2.45) is 0 Å². The van der Waals surface area contributed by atoms with E-state index in [9.17, 15) is 4.79 Å². The van der Waals surface area contributed by atoms with Crippen molar-refractivity contribution < 1.29 is 19.0 Å². The molecule has 7 heteroatoms. The first-order valence-corrected chi connectivity index (χ1v) is 11.1. The summed E-state index contributed by atoms with van der Waals surface area (Å²) >= 11 is 1.68. The minimum atomic E-state index is -0.170. The summed E-state index contributed by atoms with van der Waals surface area (Å²) in [6.07, 6.45) is 2.80. The number of ether oxygens (including phenoxy) is 3. The van der Waals surface area contributed by atoms with E-state index in [1.807, 2.05) is 37.3 Å². The van der Waals surface area contributed by atoms with Crippen LogP contribution < -0.4 is 19.5 Å². The lowest BCUT2D eigenvalue weighted by Crippen LogP contribution is -2.24. The minimum Gasteiger partial charge on any atom is -0.493 e. The van der Waals surface area contributed by atoms with Gasteiger partial charge in [0.15, 0.2) is 11.5 Å². The van der Waals surface area contributed by atoms with E-state index in [1.54, 1.807) is 37.7 Å². The topological polar surface area (TPSA) is 69.7 Å². The molecule has 6 nitrogen and oxygen atoms in total. The molecule has 0 unspecified atom stereocenters. The van der Waals surface area contributed by atoms with Gasteiger partial charge in [-0.2, -0.15) is 0 Å². The van der Waals surface area contributed by atoms with Gasteiger partial charge in [0.25, 0.3) is 5.91 Å². The van der Waals surface area contributed by atoms with Crippen LogP contribution in [-0.2, 0) is 13.0 Å². The molecule has 0 aliphatic rings. The summed E-state index contributed by atoms with van der Waals surface area (Å²) in [5, 5.41) is 6.17. The fourth-order valence-electron chi connectivity index (χ4n) is 3.11. The summed E-state index contributed by atoms with van der Waals surface area (Å²) in [6.45, 7) is 2.97. The second-order valence-electron chi connectivity index (χ2n) is 7.08. The number of nitrogens with one attached hydrogen (secondary N) is 1. The third-order valence-corrected chi connectivity index (χ3v) is 5.74. The zero-order valence-electron chi connectivity index (χ0n) is 18.1. The van der Waals surface area contributed by atoms with Gasteiger partial charge in [0.2, 0.25) is 5.75 Å². The molecule has 2 aromatic carbocycles. The highest BCUT2D eigenvalue weighted by Crippen LogP contribution is 2.39. The van der Waals surface area contributed by atoms with E-state index in [0.717, 1.165) is 35.5 Å². The van der Waals surface area contributed by atoms with Crippen LogP contribution in [-0.4, -0.2) is 31.7 Å². The highest BCUT2D eigenvalue weighted by molar-refractivity contribution is 7.09. The maximum atomic E-state index is 12.6. The van der Waals surface area contributed by atoms with Gasteiger partial charge in [-0.05, 0) is 43.9 Å². The zero-order valence-corrected chi connectivity index (χ0v) is 19.0. The predicted octanol–water partition coefficient (Wildman–Crippen LogP) is 4.80. The highest BCUT2D eigenvalue weighted by atomic mass is 32.1. The minimum absolute atomic E-state index is 0.170. The second kappa shape index (κ2) is 11.4. The molecular weight excluding hydrogens is 412 g/mol. The molecule has 0 bridgehead atoms. The Kier molecular flexibility index (Phi) is 8.29. The van der Waals surface area contributed by atoms with E-state index in [0.29, 0.717) is 36.0 Å². The molecule has 3 aromatic rings. The number of carbonyl (C=O) groups is 1. The number of benzene rings is 2. The number of hydrogen-bond donors (Lipinski definition) is 1. The first-order valence-electron chi connectivity index (χ1n) is 10.2. The van der Waals surface area contributed by atoms with Gasteiger partial charge in [-0.15, -0.1) is 11.3 Å². The van der Waals surface area contributed by atoms with Gasteiger partial charge >= 0.3 is 0 Å². The number of aryl methyl sites for hydroxylation is 2. The molecule has 0 atom stereocenters. The molecule has 1 heterocycles. The number of hydrogen-bond acceptors (Lipinski definition) is 6. The van der Waals surface area contributed by atoms with Crippen molar-refractivity contribution in [1.29, 1.82) is 0 Å². The molecule has 1 N–H and O–H groups in total.